The quantitative estimate of drug-likeness (QED) is 0.601. The smallest absolute Gasteiger partial charge is 0.272 e. The number of benzene rings is 2. The molecule has 0 fully saturated rings. The number of non-ortho nitro benzene ring substituents is 1. The van der Waals surface area contributed by atoms with Crippen LogP contribution in [0.5, 0.6) is 11.5 Å². The Morgan fingerprint density at radius 2 is 1.71 bits per heavy atom. The third-order valence-corrected chi connectivity index (χ3v) is 3.07. The van der Waals surface area contributed by atoms with Gasteiger partial charge < -0.3 is 4.74 Å². The van der Waals surface area contributed by atoms with Crippen molar-refractivity contribution in [2.75, 3.05) is 0 Å². The van der Waals surface area contributed by atoms with Crippen LogP contribution in [0.3, 0.4) is 0 Å². The second-order valence-electron chi connectivity index (χ2n) is 5.75. The van der Waals surface area contributed by atoms with Crippen LogP contribution < -0.4 is 4.74 Å². The summed E-state index contributed by atoms with van der Waals surface area (Å²) in [6.45, 7) is 6.29. The second-order valence-corrected chi connectivity index (χ2v) is 5.75. The summed E-state index contributed by atoms with van der Waals surface area (Å²) in [4.78, 5) is 9.90. The average molecular weight is 289 g/mol. The van der Waals surface area contributed by atoms with E-state index in [4.69, 9.17) is 4.74 Å². The summed E-state index contributed by atoms with van der Waals surface area (Å²) in [5.41, 5.74) is 0.860. The van der Waals surface area contributed by atoms with E-state index in [1.807, 2.05) is 12.1 Å². The molecule has 21 heavy (non-hydrogen) atoms. The van der Waals surface area contributed by atoms with E-state index in [2.05, 4.69) is 20.8 Å². The van der Waals surface area contributed by atoms with Gasteiger partial charge in [-0.2, -0.15) is 0 Å². The summed E-state index contributed by atoms with van der Waals surface area (Å²) in [7, 11) is 0. The van der Waals surface area contributed by atoms with E-state index in [-0.39, 0.29) is 16.9 Å². The summed E-state index contributed by atoms with van der Waals surface area (Å²) < 4.78 is 19.1. The van der Waals surface area contributed by atoms with E-state index < -0.39 is 10.7 Å². The highest BCUT2D eigenvalue weighted by atomic mass is 19.1. The van der Waals surface area contributed by atoms with Crippen LogP contribution in [0.4, 0.5) is 10.1 Å². The molecule has 0 N–H and O–H groups in total. The first-order valence-electron chi connectivity index (χ1n) is 6.50. The third-order valence-electron chi connectivity index (χ3n) is 3.07. The standard InChI is InChI=1S/C16H16FNO3/c1-16(2,3)11-4-7-13(8-5-11)21-15-9-6-12(18(19)20)10-14(15)17/h4-10H,1-3H3. The van der Waals surface area contributed by atoms with Crippen molar-refractivity contribution in [1.29, 1.82) is 0 Å². The Balaban J connectivity index is 2.20. The molecule has 0 atom stereocenters. The number of hydrogen-bond donors (Lipinski definition) is 0. The van der Waals surface area contributed by atoms with Gasteiger partial charge in [-0.1, -0.05) is 32.9 Å². The van der Waals surface area contributed by atoms with Crippen LogP contribution >= 0.6 is 0 Å². The summed E-state index contributed by atoms with van der Waals surface area (Å²) in [6, 6.07) is 10.6. The van der Waals surface area contributed by atoms with E-state index >= 15 is 0 Å². The van der Waals surface area contributed by atoms with Crippen molar-refractivity contribution in [2.24, 2.45) is 0 Å². The fourth-order valence-corrected chi connectivity index (χ4v) is 1.84. The van der Waals surface area contributed by atoms with Crippen LogP contribution in [0.1, 0.15) is 26.3 Å². The average Bonchev–Trinajstić information content (AvgIpc) is 2.40. The van der Waals surface area contributed by atoms with Crippen molar-refractivity contribution in [3.05, 3.63) is 64.0 Å². The van der Waals surface area contributed by atoms with E-state index in [0.29, 0.717) is 5.75 Å². The first-order valence-corrected chi connectivity index (χ1v) is 6.50. The lowest BCUT2D eigenvalue weighted by Gasteiger charge is -2.19. The number of nitro groups is 1. The molecule has 0 amide bonds. The maximum Gasteiger partial charge on any atom is 0.272 e. The van der Waals surface area contributed by atoms with Gasteiger partial charge in [0.25, 0.3) is 5.69 Å². The molecule has 110 valence electrons. The topological polar surface area (TPSA) is 52.4 Å². The van der Waals surface area contributed by atoms with Gasteiger partial charge in [-0.15, -0.1) is 0 Å². The van der Waals surface area contributed by atoms with Gasteiger partial charge in [0.15, 0.2) is 11.6 Å². The van der Waals surface area contributed by atoms with Gasteiger partial charge in [-0.05, 0) is 29.2 Å². The lowest BCUT2D eigenvalue weighted by atomic mass is 9.87. The van der Waals surface area contributed by atoms with Crippen molar-refractivity contribution in [2.45, 2.75) is 26.2 Å². The molecule has 0 aliphatic heterocycles. The largest absolute Gasteiger partial charge is 0.454 e. The number of nitrogens with zero attached hydrogens (tertiary/aromatic N) is 1. The number of nitro benzene ring substituents is 1. The van der Waals surface area contributed by atoms with Crippen molar-refractivity contribution >= 4 is 5.69 Å². The van der Waals surface area contributed by atoms with Crippen LogP contribution in [0, 0.1) is 15.9 Å². The molecule has 2 aromatic carbocycles. The number of hydrogen-bond acceptors (Lipinski definition) is 3. The molecule has 5 heteroatoms. The van der Waals surface area contributed by atoms with Gasteiger partial charge in [-0.25, -0.2) is 4.39 Å². The van der Waals surface area contributed by atoms with Crippen LogP contribution in [0.25, 0.3) is 0 Å². The Labute approximate surface area is 122 Å². The Morgan fingerprint density at radius 1 is 1.10 bits per heavy atom. The first kappa shape index (κ1) is 15.0. The Morgan fingerprint density at radius 3 is 2.19 bits per heavy atom. The predicted octanol–water partition coefficient (Wildman–Crippen LogP) is 4.82. The van der Waals surface area contributed by atoms with Gasteiger partial charge in [0.1, 0.15) is 5.75 Å². The van der Waals surface area contributed by atoms with Gasteiger partial charge in [0.05, 0.1) is 11.0 Å². The van der Waals surface area contributed by atoms with Crippen LogP contribution in [0.2, 0.25) is 0 Å². The van der Waals surface area contributed by atoms with Crippen LogP contribution in [0.15, 0.2) is 42.5 Å². The van der Waals surface area contributed by atoms with Crippen LogP contribution in [-0.2, 0) is 5.41 Å². The van der Waals surface area contributed by atoms with Gasteiger partial charge >= 0.3 is 0 Å². The molecule has 0 aliphatic carbocycles. The number of rotatable bonds is 3. The molecule has 0 aromatic heterocycles. The molecule has 2 aromatic rings. The maximum absolute atomic E-state index is 13.7. The lowest BCUT2D eigenvalue weighted by molar-refractivity contribution is -0.385. The van der Waals surface area contributed by atoms with Crippen molar-refractivity contribution in [3.8, 4) is 11.5 Å². The Kier molecular flexibility index (Phi) is 3.93. The molecular formula is C16H16FNO3. The molecule has 0 radical (unpaired) electrons. The van der Waals surface area contributed by atoms with Crippen molar-refractivity contribution in [3.63, 3.8) is 0 Å². The van der Waals surface area contributed by atoms with Gasteiger partial charge in [0, 0.05) is 6.07 Å². The van der Waals surface area contributed by atoms with E-state index in [1.54, 1.807) is 12.1 Å². The van der Waals surface area contributed by atoms with Crippen molar-refractivity contribution < 1.29 is 14.1 Å². The molecule has 2 rings (SSSR count). The molecule has 0 saturated carbocycles. The van der Waals surface area contributed by atoms with E-state index in [9.17, 15) is 14.5 Å². The highest BCUT2D eigenvalue weighted by molar-refractivity contribution is 5.40. The molecule has 0 aliphatic rings. The summed E-state index contributed by atoms with van der Waals surface area (Å²) >= 11 is 0. The highest BCUT2D eigenvalue weighted by Gasteiger charge is 2.14. The van der Waals surface area contributed by atoms with E-state index in [0.717, 1.165) is 11.6 Å². The summed E-state index contributed by atoms with van der Waals surface area (Å²) in [6.07, 6.45) is 0. The van der Waals surface area contributed by atoms with Crippen molar-refractivity contribution in [1.82, 2.24) is 0 Å². The predicted molar refractivity (Wildman–Crippen MR) is 78.3 cm³/mol. The zero-order valence-electron chi connectivity index (χ0n) is 12.1. The first-order chi connectivity index (χ1) is 9.77. The monoisotopic (exact) mass is 289 g/mol. The fourth-order valence-electron chi connectivity index (χ4n) is 1.84. The van der Waals surface area contributed by atoms with Crippen LogP contribution in [-0.4, -0.2) is 4.92 Å². The minimum atomic E-state index is -0.760. The Bertz CT molecular complexity index is 660. The lowest BCUT2D eigenvalue weighted by Crippen LogP contribution is -2.10. The molecule has 0 bridgehead atoms. The fraction of sp³-hybridized carbons (Fsp3) is 0.250. The summed E-state index contributed by atoms with van der Waals surface area (Å²) in [5, 5.41) is 10.6. The molecule has 0 heterocycles. The molecule has 0 spiro atoms. The Hall–Kier alpha value is -2.43. The highest BCUT2D eigenvalue weighted by Crippen LogP contribution is 2.29. The van der Waals surface area contributed by atoms with Gasteiger partial charge in [0.2, 0.25) is 0 Å². The zero-order chi connectivity index (χ0) is 15.6. The SMILES string of the molecule is CC(C)(C)c1ccc(Oc2ccc([N+](=O)[O-])cc2F)cc1. The minimum Gasteiger partial charge on any atom is -0.454 e. The van der Waals surface area contributed by atoms with E-state index in [1.165, 1.54) is 12.1 Å². The normalized spacial score (nSPS) is 11.2. The molecule has 4 nitrogen and oxygen atoms in total. The molecular weight excluding hydrogens is 273 g/mol. The zero-order valence-corrected chi connectivity index (χ0v) is 12.1. The number of ether oxygens (including phenoxy) is 1. The molecule has 0 saturated heterocycles. The minimum absolute atomic E-state index is 0.0249. The summed E-state index contributed by atoms with van der Waals surface area (Å²) in [5.74, 6) is -0.316. The maximum atomic E-state index is 13.7. The molecule has 0 unspecified atom stereocenters. The third kappa shape index (κ3) is 3.56. The second kappa shape index (κ2) is 5.52. The number of halogens is 1. The van der Waals surface area contributed by atoms with Gasteiger partial charge in [-0.3, -0.25) is 10.1 Å².